The Hall–Kier alpha value is -1.29. The van der Waals surface area contributed by atoms with Crippen LogP contribution in [0, 0.1) is 5.92 Å². The van der Waals surface area contributed by atoms with Crippen molar-refractivity contribution < 1.29 is 8.83 Å². The van der Waals surface area contributed by atoms with Crippen molar-refractivity contribution >= 4 is 11.1 Å². The molecule has 4 nitrogen and oxygen atoms in total. The Kier molecular flexibility index (Phi) is 1.84. The van der Waals surface area contributed by atoms with Gasteiger partial charge in [0.25, 0.3) is 0 Å². The van der Waals surface area contributed by atoms with Crippen molar-refractivity contribution in [1.29, 1.82) is 0 Å². The summed E-state index contributed by atoms with van der Waals surface area (Å²) in [5.41, 5.74) is 7.26. The van der Waals surface area contributed by atoms with Crippen molar-refractivity contribution in [2.24, 2.45) is 11.7 Å². The first-order valence-corrected chi connectivity index (χ1v) is 4.26. The fourth-order valence-electron chi connectivity index (χ4n) is 1.12. The van der Waals surface area contributed by atoms with E-state index >= 15 is 0 Å². The van der Waals surface area contributed by atoms with Crippen LogP contribution in [0.15, 0.2) is 21.4 Å². The van der Waals surface area contributed by atoms with Gasteiger partial charge in [-0.1, -0.05) is 13.8 Å². The van der Waals surface area contributed by atoms with E-state index in [-0.39, 0.29) is 6.04 Å². The number of nitrogens with zero attached hydrogens (tertiary/aromatic N) is 1. The van der Waals surface area contributed by atoms with Crippen LogP contribution in [0.4, 0.5) is 0 Å². The van der Waals surface area contributed by atoms with E-state index in [1.807, 2.05) is 13.8 Å². The number of hydrogen-bond acceptors (Lipinski definition) is 4. The van der Waals surface area contributed by atoms with Crippen molar-refractivity contribution in [3.8, 4) is 0 Å². The van der Waals surface area contributed by atoms with Crippen LogP contribution >= 0.6 is 0 Å². The molecule has 0 aliphatic carbocycles. The van der Waals surface area contributed by atoms with E-state index < -0.39 is 0 Å². The lowest BCUT2D eigenvalue weighted by atomic mass is 10.1. The first-order valence-electron chi connectivity index (χ1n) is 4.26. The summed E-state index contributed by atoms with van der Waals surface area (Å²) in [4.78, 5) is 4.21. The molecular formula is C9H12N2O2. The SMILES string of the molecule is CC(C)C(N)c1nc2cocc2o1. The van der Waals surface area contributed by atoms with Gasteiger partial charge in [0.2, 0.25) is 5.89 Å². The van der Waals surface area contributed by atoms with Crippen molar-refractivity contribution in [1.82, 2.24) is 4.98 Å². The molecule has 4 heteroatoms. The highest BCUT2D eigenvalue weighted by Crippen LogP contribution is 2.23. The Labute approximate surface area is 75.7 Å². The van der Waals surface area contributed by atoms with Crippen LogP contribution in [-0.2, 0) is 0 Å². The third kappa shape index (κ3) is 1.33. The predicted octanol–water partition coefficient (Wildman–Crippen LogP) is 2.08. The molecule has 1 atom stereocenters. The van der Waals surface area contributed by atoms with Gasteiger partial charge in [-0.3, -0.25) is 0 Å². The van der Waals surface area contributed by atoms with Crippen molar-refractivity contribution in [3.05, 3.63) is 18.4 Å². The van der Waals surface area contributed by atoms with Gasteiger partial charge in [-0.15, -0.1) is 0 Å². The number of fused-ring (bicyclic) bond motifs is 1. The van der Waals surface area contributed by atoms with Gasteiger partial charge in [0.1, 0.15) is 18.0 Å². The molecule has 0 spiro atoms. The maximum atomic E-state index is 5.87. The molecule has 70 valence electrons. The number of rotatable bonds is 2. The summed E-state index contributed by atoms with van der Waals surface area (Å²) in [6, 6.07) is -0.146. The van der Waals surface area contributed by atoms with Gasteiger partial charge in [-0.25, -0.2) is 4.98 Å². The zero-order valence-electron chi connectivity index (χ0n) is 7.65. The number of oxazole rings is 1. The lowest BCUT2D eigenvalue weighted by molar-refractivity contribution is 0.399. The summed E-state index contributed by atoms with van der Waals surface area (Å²) in [6.07, 6.45) is 3.08. The van der Waals surface area contributed by atoms with Crippen LogP contribution < -0.4 is 5.73 Å². The Morgan fingerprint density at radius 2 is 2.15 bits per heavy atom. The van der Waals surface area contributed by atoms with E-state index in [4.69, 9.17) is 14.6 Å². The van der Waals surface area contributed by atoms with Crippen LogP contribution in [0.3, 0.4) is 0 Å². The number of nitrogens with two attached hydrogens (primary N) is 1. The highest BCUT2D eigenvalue weighted by atomic mass is 16.4. The second-order valence-electron chi connectivity index (χ2n) is 3.44. The predicted molar refractivity (Wildman–Crippen MR) is 48.0 cm³/mol. The molecule has 2 rings (SSSR count). The standard InChI is InChI=1S/C9H12N2O2/c1-5(2)8(10)9-11-6-3-12-4-7(6)13-9/h3-5,8H,10H2,1-2H3. The first kappa shape index (κ1) is 8.31. The van der Waals surface area contributed by atoms with Crippen LogP contribution in [0.25, 0.3) is 11.1 Å². The van der Waals surface area contributed by atoms with E-state index in [0.29, 0.717) is 17.4 Å². The molecule has 1 unspecified atom stereocenters. The van der Waals surface area contributed by atoms with Crippen molar-refractivity contribution in [2.75, 3.05) is 0 Å². The van der Waals surface area contributed by atoms with Gasteiger partial charge in [0.15, 0.2) is 5.58 Å². The highest BCUT2D eigenvalue weighted by Gasteiger charge is 2.17. The molecule has 2 heterocycles. The minimum atomic E-state index is -0.146. The van der Waals surface area contributed by atoms with Gasteiger partial charge in [0.05, 0.1) is 6.04 Å². The fourth-order valence-corrected chi connectivity index (χ4v) is 1.12. The molecule has 0 aliphatic heterocycles. The van der Waals surface area contributed by atoms with Crippen LogP contribution in [0.5, 0.6) is 0 Å². The molecule has 2 aromatic heterocycles. The van der Waals surface area contributed by atoms with E-state index in [9.17, 15) is 0 Å². The van der Waals surface area contributed by atoms with Crippen LogP contribution in [0.2, 0.25) is 0 Å². The van der Waals surface area contributed by atoms with E-state index in [1.54, 1.807) is 6.26 Å². The van der Waals surface area contributed by atoms with E-state index in [2.05, 4.69) is 4.98 Å². The first-order chi connectivity index (χ1) is 6.18. The van der Waals surface area contributed by atoms with Crippen LogP contribution in [-0.4, -0.2) is 4.98 Å². The van der Waals surface area contributed by atoms with E-state index in [0.717, 1.165) is 5.52 Å². The Morgan fingerprint density at radius 1 is 1.38 bits per heavy atom. The zero-order valence-corrected chi connectivity index (χ0v) is 7.65. The third-order valence-electron chi connectivity index (χ3n) is 2.06. The topological polar surface area (TPSA) is 65.2 Å². The molecule has 13 heavy (non-hydrogen) atoms. The normalized spacial score (nSPS) is 14.2. The molecule has 0 aliphatic rings. The number of hydrogen-bond donors (Lipinski definition) is 1. The second-order valence-corrected chi connectivity index (χ2v) is 3.44. The average molecular weight is 180 g/mol. The quantitative estimate of drug-likeness (QED) is 0.768. The molecule has 0 bridgehead atoms. The van der Waals surface area contributed by atoms with Crippen molar-refractivity contribution in [2.45, 2.75) is 19.9 Å². The van der Waals surface area contributed by atoms with Gasteiger partial charge in [-0.2, -0.15) is 0 Å². The van der Waals surface area contributed by atoms with Gasteiger partial charge in [-0.05, 0) is 5.92 Å². The summed E-state index contributed by atoms with van der Waals surface area (Å²) >= 11 is 0. The summed E-state index contributed by atoms with van der Waals surface area (Å²) in [6.45, 7) is 4.06. The summed E-state index contributed by atoms with van der Waals surface area (Å²) < 4.78 is 10.3. The number of aromatic nitrogens is 1. The number of furan rings is 1. The average Bonchev–Trinajstić information content (AvgIpc) is 2.59. The van der Waals surface area contributed by atoms with E-state index in [1.165, 1.54) is 6.26 Å². The molecule has 0 saturated heterocycles. The summed E-state index contributed by atoms with van der Waals surface area (Å²) in [7, 11) is 0. The second kappa shape index (κ2) is 2.88. The Morgan fingerprint density at radius 3 is 2.77 bits per heavy atom. The Balaban J connectivity index is 2.39. The highest BCUT2D eigenvalue weighted by molar-refractivity contribution is 5.70. The largest absolute Gasteiger partial charge is 0.466 e. The minimum absolute atomic E-state index is 0.146. The molecule has 0 saturated carbocycles. The molecule has 2 aromatic rings. The molecule has 0 radical (unpaired) electrons. The maximum Gasteiger partial charge on any atom is 0.212 e. The molecular weight excluding hydrogens is 168 g/mol. The minimum Gasteiger partial charge on any atom is -0.466 e. The van der Waals surface area contributed by atoms with Crippen LogP contribution in [0.1, 0.15) is 25.8 Å². The lowest BCUT2D eigenvalue weighted by Gasteiger charge is -2.10. The molecule has 0 fully saturated rings. The molecule has 2 N–H and O–H groups in total. The summed E-state index contributed by atoms with van der Waals surface area (Å²) in [5.74, 6) is 0.899. The zero-order chi connectivity index (χ0) is 9.42. The molecule has 0 amide bonds. The Bertz CT molecular complexity index is 374. The third-order valence-corrected chi connectivity index (χ3v) is 2.06. The molecule has 0 aromatic carbocycles. The monoisotopic (exact) mass is 180 g/mol. The van der Waals surface area contributed by atoms with Gasteiger partial charge >= 0.3 is 0 Å². The fraction of sp³-hybridized carbons (Fsp3) is 0.444. The lowest BCUT2D eigenvalue weighted by Crippen LogP contribution is -2.16. The summed E-state index contributed by atoms with van der Waals surface area (Å²) in [5, 5.41) is 0. The van der Waals surface area contributed by atoms with Gasteiger partial charge < -0.3 is 14.6 Å². The smallest absolute Gasteiger partial charge is 0.212 e. The maximum absolute atomic E-state index is 5.87. The van der Waals surface area contributed by atoms with Gasteiger partial charge in [0, 0.05) is 0 Å². The van der Waals surface area contributed by atoms with Crippen molar-refractivity contribution in [3.63, 3.8) is 0 Å².